The van der Waals surface area contributed by atoms with Crippen molar-refractivity contribution in [2.24, 2.45) is 0 Å². The molecule has 0 saturated heterocycles. The molecule has 0 spiro atoms. The molecular formula is C9H9BrClNO2. The molecule has 3 nitrogen and oxygen atoms in total. The lowest BCUT2D eigenvalue weighted by atomic mass is 10.2. The zero-order valence-electron chi connectivity index (χ0n) is 7.26. The van der Waals surface area contributed by atoms with E-state index in [1.807, 2.05) is 0 Å². The largest absolute Gasteiger partial charge is 0.508 e. The number of alkyl halides is 1. The van der Waals surface area contributed by atoms with Crippen LogP contribution in [0.1, 0.15) is 5.56 Å². The molecule has 0 atom stereocenters. The Kier molecular flexibility index (Phi) is 4.22. The molecule has 1 aromatic carbocycles. The standard InChI is InChI=1S/C9H9BrClNO2/c10-8-2-1-7(13)3-6(8)5-12-9(14)4-11/h1-3,13H,4-5H2,(H,12,14). The second-order valence-electron chi connectivity index (χ2n) is 2.69. The molecule has 0 aromatic heterocycles. The molecule has 0 bridgehead atoms. The molecule has 1 rings (SSSR count). The highest BCUT2D eigenvalue weighted by molar-refractivity contribution is 9.10. The van der Waals surface area contributed by atoms with Gasteiger partial charge in [0, 0.05) is 11.0 Å². The number of carbonyl (C=O) groups excluding carboxylic acids is 1. The SMILES string of the molecule is O=C(CCl)NCc1cc(O)ccc1Br. The van der Waals surface area contributed by atoms with E-state index in [0.717, 1.165) is 10.0 Å². The molecular weight excluding hydrogens is 269 g/mol. The van der Waals surface area contributed by atoms with Crippen molar-refractivity contribution in [1.29, 1.82) is 0 Å². The van der Waals surface area contributed by atoms with Gasteiger partial charge in [0.2, 0.25) is 5.91 Å². The van der Waals surface area contributed by atoms with E-state index in [4.69, 9.17) is 11.6 Å². The maximum atomic E-state index is 10.9. The number of halogens is 2. The Hall–Kier alpha value is -0.740. The third-order valence-corrected chi connectivity index (χ3v) is 2.64. The van der Waals surface area contributed by atoms with E-state index in [-0.39, 0.29) is 17.5 Å². The van der Waals surface area contributed by atoms with Crippen LogP contribution in [0.15, 0.2) is 22.7 Å². The number of nitrogens with one attached hydrogen (secondary N) is 1. The summed E-state index contributed by atoms with van der Waals surface area (Å²) in [6.07, 6.45) is 0. The summed E-state index contributed by atoms with van der Waals surface area (Å²) in [6, 6.07) is 4.87. The second kappa shape index (κ2) is 5.22. The van der Waals surface area contributed by atoms with Crippen LogP contribution in [0, 0.1) is 0 Å². The van der Waals surface area contributed by atoms with Gasteiger partial charge in [-0.05, 0) is 23.8 Å². The minimum absolute atomic E-state index is 0.0591. The van der Waals surface area contributed by atoms with Crippen LogP contribution in [0.25, 0.3) is 0 Å². The van der Waals surface area contributed by atoms with Crippen molar-refractivity contribution < 1.29 is 9.90 Å². The van der Waals surface area contributed by atoms with Crippen molar-refractivity contribution >= 4 is 33.4 Å². The fourth-order valence-corrected chi connectivity index (χ4v) is 1.42. The van der Waals surface area contributed by atoms with Crippen molar-refractivity contribution in [2.45, 2.75) is 6.54 Å². The Bertz CT molecular complexity index is 344. The van der Waals surface area contributed by atoms with Gasteiger partial charge in [-0.3, -0.25) is 4.79 Å². The van der Waals surface area contributed by atoms with Crippen LogP contribution < -0.4 is 5.32 Å². The van der Waals surface area contributed by atoms with Crippen molar-refractivity contribution in [3.8, 4) is 5.75 Å². The fraction of sp³-hybridized carbons (Fsp3) is 0.222. The summed E-state index contributed by atoms with van der Waals surface area (Å²) in [5.41, 5.74) is 0.809. The molecule has 0 unspecified atom stereocenters. The third-order valence-electron chi connectivity index (χ3n) is 1.63. The number of phenols is 1. The quantitative estimate of drug-likeness (QED) is 0.831. The molecule has 5 heteroatoms. The molecule has 0 radical (unpaired) electrons. The van der Waals surface area contributed by atoms with Crippen molar-refractivity contribution in [1.82, 2.24) is 5.32 Å². The Morgan fingerprint density at radius 1 is 1.57 bits per heavy atom. The molecule has 2 N–H and O–H groups in total. The van der Waals surface area contributed by atoms with Crippen LogP contribution in [-0.2, 0) is 11.3 Å². The number of carbonyl (C=O) groups is 1. The minimum Gasteiger partial charge on any atom is -0.508 e. The monoisotopic (exact) mass is 277 g/mol. The smallest absolute Gasteiger partial charge is 0.235 e. The lowest BCUT2D eigenvalue weighted by Gasteiger charge is -2.06. The fourth-order valence-electron chi connectivity index (χ4n) is 0.938. The normalized spacial score (nSPS) is 9.86. The molecule has 76 valence electrons. The minimum atomic E-state index is -0.234. The molecule has 0 aliphatic rings. The van der Waals surface area contributed by atoms with E-state index in [0.29, 0.717) is 6.54 Å². The van der Waals surface area contributed by atoms with Crippen molar-refractivity contribution in [2.75, 3.05) is 5.88 Å². The summed E-state index contributed by atoms with van der Waals surface area (Å²) in [4.78, 5) is 10.9. The van der Waals surface area contributed by atoms with Gasteiger partial charge < -0.3 is 10.4 Å². The molecule has 0 saturated carbocycles. The first-order valence-corrected chi connectivity index (χ1v) is 5.26. The van der Waals surface area contributed by atoms with Crippen LogP contribution in [-0.4, -0.2) is 16.9 Å². The summed E-state index contributed by atoms with van der Waals surface area (Å²) in [5, 5.41) is 11.8. The predicted molar refractivity (Wildman–Crippen MR) is 58.4 cm³/mol. The molecule has 0 heterocycles. The topological polar surface area (TPSA) is 49.3 Å². The number of hydrogen-bond acceptors (Lipinski definition) is 2. The molecule has 0 aliphatic carbocycles. The summed E-state index contributed by atoms with van der Waals surface area (Å²) in [7, 11) is 0. The highest BCUT2D eigenvalue weighted by atomic mass is 79.9. The van der Waals surface area contributed by atoms with Crippen molar-refractivity contribution in [3.63, 3.8) is 0 Å². The average molecular weight is 279 g/mol. The van der Waals surface area contributed by atoms with E-state index in [9.17, 15) is 9.90 Å². The first-order valence-electron chi connectivity index (χ1n) is 3.93. The number of amides is 1. The van der Waals surface area contributed by atoms with Crippen LogP contribution in [0.3, 0.4) is 0 Å². The number of benzene rings is 1. The van der Waals surface area contributed by atoms with Gasteiger partial charge in [-0.25, -0.2) is 0 Å². The first-order chi connectivity index (χ1) is 6.63. The van der Waals surface area contributed by atoms with Gasteiger partial charge >= 0.3 is 0 Å². The highest BCUT2D eigenvalue weighted by Gasteiger charge is 2.03. The molecule has 1 aromatic rings. The van der Waals surface area contributed by atoms with Gasteiger partial charge in [0.25, 0.3) is 0 Å². The Morgan fingerprint density at radius 2 is 2.29 bits per heavy atom. The zero-order valence-corrected chi connectivity index (χ0v) is 9.60. The van der Waals surface area contributed by atoms with Crippen molar-refractivity contribution in [3.05, 3.63) is 28.2 Å². The van der Waals surface area contributed by atoms with Gasteiger partial charge in [-0.2, -0.15) is 0 Å². The highest BCUT2D eigenvalue weighted by Crippen LogP contribution is 2.21. The molecule has 0 fully saturated rings. The van der Waals surface area contributed by atoms with Crippen LogP contribution in [0.2, 0.25) is 0 Å². The van der Waals surface area contributed by atoms with E-state index < -0.39 is 0 Å². The Labute approximate surface area is 95.2 Å². The van der Waals surface area contributed by atoms with Gasteiger partial charge in [0.15, 0.2) is 0 Å². The first kappa shape index (κ1) is 11.3. The van der Waals surface area contributed by atoms with E-state index >= 15 is 0 Å². The lowest BCUT2D eigenvalue weighted by molar-refractivity contribution is -0.118. The second-order valence-corrected chi connectivity index (χ2v) is 3.81. The predicted octanol–water partition coefficient (Wildman–Crippen LogP) is 2.01. The molecule has 0 aliphatic heterocycles. The summed E-state index contributed by atoms with van der Waals surface area (Å²) >= 11 is 8.62. The van der Waals surface area contributed by atoms with Gasteiger partial charge in [0.1, 0.15) is 11.6 Å². The average Bonchev–Trinajstić information content (AvgIpc) is 2.19. The number of hydrogen-bond donors (Lipinski definition) is 2. The Balaban J connectivity index is 2.66. The number of aromatic hydroxyl groups is 1. The van der Waals surface area contributed by atoms with Gasteiger partial charge in [-0.1, -0.05) is 15.9 Å². The zero-order chi connectivity index (χ0) is 10.6. The lowest BCUT2D eigenvalue weighted by Crippen LogP contribution is -2.23. The summed E-state index contributed by atoms with van der Waals surface area (Å²) < 4.78 is 0.838. The molecule has 14 heavy (non-hydrogen) atoms. The third kappa shape index (κ3) is 3.20. The molecule has 1 amide bonds. The number of phenolic OH excluding ortho intramolecular Hbond substituents is 1. The van der Waals surface area contributed by atoms with Gasteiger partial charge in [0.05, 0.1) is 0 Å². The maximum Gasteiger partial charge on any atom is 0.235 e. The van der Waals surface area contributed by atoms with Gasteiger partial charge in [-0.15, -0.1) is 11.6 Å². The van der Waals surface area contributed by atoms with E-state index in [2.05, 4.69) is 21.2 Å². The van der Waals surface area contributed by atoms with Crippen LogP contribution in [0.4, 0.5) is 0 Å². The van der Waals surface area contributed by atoms with E-state index in [1.165, 1.54) is 0 Å². The van der Waals surface area contributed by atoms with Crippen LogP contribution in [0.5, 0.6) is 5.75 Å². The van der Waals surface area contributed by atoms with E-state index in [1.54, 1.807) is 18.2 Å². The summed E-state index contributed by atoms with van der Waals surface area (Å²) in [6.45, 7) is 0.348. The maximum absolute atomic E-state index is 10.9. The Morgan fingerprint density at radius 3 is 2.93 bits per heavy atom. The summed E-state index contributed by atoms with van der Waals surface area (Å²) in [5.74, 6) is -0.124. The number of rotatable bonds is 3. The van der Waals surface area contributed by atoms with Crippen LogP contribution >= 0.6 is 27.5 Å².